The van der Waals surface area contributed by atoms with Gasteiger partial charge in [-0.1, -0.05) is 23.7 Å². The molecule has 0 aliphatic carbocycles. The Balaban J connectivity index is 1.91. The quantitative estimate of drug-likeness (QED) is 0.780. The van der Waals surface area contributed by atoms with Crippen molar-refractivity contribution in [3.8, 4) is 11.5 Å². The fraction of sp³-hybridized carbons (Fsp3) is 0.381. The van der Waals surface area contributed by atoms with Gasteiger partial charge in [-0.05, 0) is 43.7 Å². The molecule has 0 bridgehead atoms. The predicted molar refractivity (Wildman–Crippen MR) is 105 cm³/mol. The molecule has 1 amide bonds. The maximum Gasteiger partial charge on any atom is 0.254 e. The molecule has 3 rings (SSSR count). The molecule has 1 saturated heterocycles. The molecule has 1 heterocycles. The van der Waals surface area contributed by atoms with Gasteiger partial charge in [0.1, 0.15) is 17.6 Å². The summed E-state index contributed by atoms with van der Waals surface area (Å²) in [5.74, 6) is 1.07. The first-order valence-electron chi connectivity index (χ1n) is 8.76. The second-order valence-corrected chi connectivity index (χ2v) is 7.62. The van der Waals surface area contributed by atoms with E-state index in [9.17, 15) is 4.79 Å². The topological polar surface area (TPSA) is 48.0 Å². The average Bonchev–Trinajstić information content (AvgIpc) is 2.66. The van der Waals surface area contributed by atoms with Crippen LogP contribution in [0.3, 0.4) is 0 Å². The first kappa shape index (κ1) is 19.5. The van der Waals surface area contributed by atoms with Crippen LogP contribution in [0, 0.1) is 0 Å². The van der Waals surface area contributed by atoms with Crippen molar-refractivity contribution in [2.75, 3.05) is 27.4 Å². The zero-order valence-corrected chi connectivity index (χ0v) is 16.7. The van der Waals surface area contributed by atoms with E-state index in [0.29, 0.717) is 35.2 Å². The van der Waals surface area contributed by atoms with Gasteiger partial charge in [0, 0.05) is 16.7 Å². The number of halogens is 1. The van der Waals surface area contributed by atoms with Crippen LogP contribution in [0.5, 0.6) is 11.5 Å². The Labute approximate surface area is 164 Å². The summed E-state index contributed by atoms with van der Waals surface area (Å²) >= 11 is 6.12. The fourth-order valence-corrected chi connectivity index (χ4v) is 3.40. The number of rotatable bonds is 4. The highest BCUT2D eigenvalue weighted by Crippen LogP contribution is 2.33. The van der Waals surface area contributed by atoms with Crippen LogP contribution in [0.25, 0.3) is 0 Å². The molecule has 0 N–H and O–H groups in total. The molecule has 1 unspecified atom stereocenters. The summed E-state index contributed by atoms with van der Waals surface area (Å²) in [6, 6.07) is 12.8. The molecule has 2 aromatic rings. The third-order valence-corrected chi connectivity index (χ3v) is 5.02. The Kier molecular flexibility index (Phi) is 5.63. The Morgan fingerprint density at radius 3 is 2.41 bits per heavy atom. The van der Waals surface area contributed by atoms with Crippen LogP contribution < -0.4 is 9.47 Å². The molecule has 1 fully saturated rings. The molecule has 0 aromatic heterocycles. The van der Waals surface area contributed by atoms with Crippen LogP contribution in [0.4, 0.5) is 0 Å². The molecule has 6 heteroatoms. The van der Waals surface area contributed by atoms with Crippen LogP contribution in [0.1, 0.15) is 35.9 Å². The summed E-state index contributed by atoms with van der Waals surface area (Å²) in [5, 5.41) is 0.649. The number of benzene rings is 2. The van der Waals surface area contributed by atoms with Crippen LogP contribution in [0.2, 0.25) is 5.02 Å². The Morgan fingerprint density at radius 1 is 1.15 bits per heavy atom. The molecule has 1 atom stereocenters. The minimum absolute atomic E-state index is 0.0903. The fourth-order valence-electron chi connectivity index (χ4n) is 3.20. The lowest BCUT2D eigenvalue weighted by Gasteiger charge is -2.45. The van der Waals surface area contributed by atoms with E-state index in [4.69, 9.17) is 25.8 Å². The number of ether oxygens (including phenoxy) is 3. The van der Waals surface area contributed by atoms with Gasteiger partial charge >= 0.3 is 0 Å². The maximum absolute atomic E-state index is 13.3. The second kappa shape index (κ2) is 7.79. The van der Waals surface area contributed by atoms with E-state index < -0.39 is 5.54 Å². The molecule has 0 saturated carbocycles. The number of amides is 1. The lowest BCUT2D eigenvalue weighted by Crippen LogP contribution is -2.56. The molecule has 144 valence electrons. The van der Waals surface area contributed by atoms with Crippen molar-refractivity contribution >= 4 is 17.5 Å². The van der Waals surface area contributed by atoms with E-state index in [0.717, 1.165) is 5.56 Å². The van der Waals surface area contributed by atoms with Gasteiger partial charge in [-0.15, -0.1) is 0 Å². The van der Waals surface area contributed by atoms with Crippen molar-refractivity contribution in [2.45, 2.75) is 25.5 Å². The second-order valence-electron chi connectivity index (χ2n) is 7.18. The van der Waals surface area contributed by atoms with E-state index in [1.165, 1.54) is 0 Å². The highest BCUT2D eigenvalue weighted by atomic mass is 35.5. The number of hydrogen-bond donors (Lipinski definition) is 0. The van der Waals surface area contributed by atoms with Gasteiger partial charge in [0.2, 0.25) is 0 Å². The monoisotopic (exact) mass is 389 g/mol. The molecule has 0 radical (unpaired) electrons. The molecular weight excluding hydrogens is 366 g/mol. The largest absolute Gasteiger partial charge is 0.497 e. The number of carbonyl (C=O) groups excluding carboxylic acids is 1. The minimum atomic E-state index is -0.442. The molecular formula is C21H24ClNO4. The molecule has 2 aromatic carbocycles. The van der Waals surface area contributed by atoms with Crippen LogP contribution in [0.15, 0.2) is 42.5 Å². The van der Waals surface area contributed by atoms with Gasteiger partial charge < -0.3 is 19.1 Å². The number of hydrogen-bond acceptors (Lipinski definition) is 4. The Morgan fingerprint density at radius 2 is 1.81 bits per heavy atom. The number of nitrogens with zero attached hydrogens (tertiary/aromatic N) is 1. The van der Waals surface area contributed by atoms with E-state index in [1.807, 2.05) is 43.0 Å². The molecule has 27 heavy (non-hydrogen) atoms. The van der Waals surface area contributed by atoms with E-state index >= 15 is 0 Å². The van der Waals surface area contributed by atoms with Gasteiger partial charge in [0.15, 0.2) is 0 Å². The van der Waals surface area contributed by atoms with Crippen LogP contribution in [-0.4, -0.2) is 43.7 Å². The minimum Gasteiger partial charge on any atom is -0.497 e. The summed E-state index contributed by atoms with van der Waals surface area (Å²) in [5.41, 5.74) is 1.03. The number of carbonyl (C=O) groups is 1. The molecule has 1 aliphatic heterocycles. The number of methoxy groups -OCH3 is 2. The summed E-state index contributed by atoms with van der Waals surface area (Å²) < 4.78 is 16.6. The molecule has 5 nitrogen and oxygen atoms in total. The smallest absolute Gasteiger partial charge is 0.254 e. The van der Waals surface area contributed by atoms with Crippen molar-refractivity contribution in [3.05, 3.63) is 58.6 Å². The van der Waals surface area contributed by atoms with Crippen molar-refractivity contribution in [2.24, 2.45) is 0 Å². The molecule has 0 spiro atoms. The van der Waals surface area contributed by atoms with Crippen molar-refractivity contribution in [1.29, 1.82) is 0 Å². The third kappa shape index (κ3) is 4.20. The normalized spacial score (nSPS) is 18.9. The zero-order chi connectivity index (χ0) is 19.6. The highest BCUT2D eigenvalue weighted by Gasteiger charge is 2.39. The van der Waals surface area contributed by atoms with Gasteiger partial charge in [0.05, 0.1) is 32.9 Å². The van der Waals surface area contributed by atoms with Crippen molar-refractivity contribution in [3.63, 3.8) is 0 Å². The van der Waals surface area contributed by atoms with E-state index in [-0.39, 0.29) is 12.0 Å². The van der Waals surface area contributed by atoms with Crippen molar-refractivity contribution in [1.82, 2.24) is 4.90 Å². The lowest BCUT2D eigenvalue weighted by atomic mass is 9.96. The van der Waals surface area contributed by atoms with Crippen LogP contribution in [-0.2, 0) is 4.74 Å². The Hall–Kier alpha value is -2.24. The molecule has 1 aliphatic rings. The standard InChI is InChI=1S/C21H24ClNO4/c1-21(2)13-27-19(14-6-5-7-16(22)8-14)12-23(21)20(24)15-9-17(25-3)11-18(10-15)26-4/h5-11,19H,12-13H2,1-4H3. The maximum atomic E-state index is 13.3. The summed E-state index contributed by atoms with van der Waals surface area (Å²) in [6.45, 7) is 4.86. The number of morpholine rings is 1. The van der Waals surface area contributed by atoms with E-state index in [2.05, 4.69) is 0 Å². The van der Waals surface area contributed by atoms with Gasteiger partial charge in [-0.2, -0.15) is 0 Å². The SMILES string of the molecule is COc1cc(OC)cc(C(=O)N2CC(c3cccc(Cl)c3)OCC2(C)C)c1. The average molecular weight is 390 g/mol. The van der Waals surface area contributed by atoms with Crippen molar-refractivity contribution < 1.29 is 19.0 Å². The first-order chi connectivity index (χ1) is 12.8. The summed E-state index contributed by atoms with van der Waals surface area (Å²) in [6.07, 6.45) is -0.229. The predicted octanol–water partition coefficient (Wildman–Crippen LogP) is 4.35. The highest BCUT2D eigenvalue weighted by molar-refractivity contribution is 6.30. The van der Waals surface area contributed by atoms with Crippen LogP contribution >= 0.6 is 11.6 Å². The summed E-state index contributed by atoms with van der Waals surface area (Å²) in [4.78, 5) is 15.2. The van der Waals surface area contributed by atoms with Gasteiger partial charge in [-0.3, -0.25) is 4.79 Å². The van der Waals surface area contributed by atoms with Gasteiger partial charge in [0.25, 0.3) is 5.91 Å². The first-order valence-corrected chi connectivity index (χ1v) is 9.14. The summed E-state index contributed by atoms with van der Waals surface area (Å²) in [7, 11) is 3.13. The lowest BCUT2D eigenvalue weighted by molar-refractivity contribution is -0.0846. The zero-order valence-electron chi connectivity index (χ0n) is 16.0. The Bertz CT molecular complexity index is 814. The third-order valence-electron chi connectivity index (χ3n) is 4.78. The van der Waals surface area contributed by atoms with E-state index in [1.54, 1.807) is 32.4 Å². The van der Waals surface area contributed by atoms with Gasteiger partial charge in [-0.25, -0.2) is 0 Å².